The predicted octanol–water partition coefficient (Wildman–Crippen LogP) is -5.83. The van der Waals surface area contributed by atoms with Gasteiger partial charge in [-0.25, -0.2) is 0 Å². The maximum Gasteiger partial charge on any atom is 0.249 e. The molecule has 2 aliphatic rings. The first-order valence-corrected chi connectivity index (χ1v) is 9.90. The van der Waals surface area contributed by atoms with Gasteiger partial charge in [-0.3, -0.25) is 4.79 Å². The summed E-state index contributed by atoms with van der Waals surface area (Å²) in [6.45, 7) is 1.45. The van der Waals surface area contributed by atoms with Gasteiger partial charge in [-0.15, -0.1) is 0 Å². The number of carbonyl (C=O) groups excluding carboxylic acids is 1. The minimum absolute atomic E-state index is 0.00303. The Kier molecular flexibility index (Phi) is 8.91. The van der Waals surface area contributed by atoms with Crippen LogP contribution in [0.4, 0.5) is 0 Å². The quantitative estimate of drug-likeness (QED) is 0.178. The van der Waals surface area contributed by atoms with Gasteiger partial charge in [0.15, 0.2) is 6.29 Å². The van der Waals surface area contributed by atoms with Crippen LogP contribution in [0, 0.1) is 0 Å². The minimum Gasteiger partial charge on any atom is -0.391 e. The summed E-state index contributed by atoms with van der Waals surface area (Å²) in [5, 5.41) is 62.9. The average Bonchev–Trinajstić information content (AvgIpc) is 2.68. The zero-order chi connectivity index (χ0) is 22.7. The van der Waals surface area contributed by atoms with Gasteiger partial charge in [0.25, 0.3) is 0 Å². The van der Waals surface area contributed by atoms with Crippen molar-refractivity contribution in [2.45, 2.75) is 93.0 Å². The molecule has 1 amide bonds. The first-order chi connectivity index (χ1) is 14.0. The summed E-state index contributed by atoms with van der Waals surface area (Å²) in [6.07, 6.45) is -12.1. The molecule has 176 valence electrons. The van der Waals surface area contributed by atoms with Crippen LogP contribution in [0.2, 0.25) is 0 Å². The maximum atomic E-state index is 12.0. The van der Waals surface area contributed by atoms with E-state index in [1.165, 1.54) is 6.92 Å². The minimum atomic E-state index is -1.56. The molecule has 30 heavy (non-hydrogen) atoms. The lowest BCUT2D eigenvalue weighted by atomic mass is 9.83. The molecule has 2 rings (SSSR count). The van der Waals surface area contributed by atoms with Crippen molar-refractivity contribution in [3.8, 4) is 0 Å². The largest absolute Gasteiger partial charge is 0.391 e. The summed E-state index contributed by atoms with van der Waals surface area (Å²) in [5.41, 5.74) is 17.2. The van der Waals surface area contributed by atoms with E-state index in [0.29, 0.717) is 0 Å². The second-order valence-electron chi connectivity index (χ2n) is 7.96. The van der Waals surface area contributed by atoms with Crippen LogP contribution in [-0.4, -0.2) is 116 Å². The molecule has 13 heteroatoms. The third-order valence-electron chi connectivity index (χ3n) is 5.57. The lowest BCUT2D eigenvalue weighted by Gasteiger charge is -2.46. The van der Waals surface area contributed by atoms with E-state index in [1.807, 2.05) is 0 Å². The van der Waals surface area contributed by atoms with Gasteiger partial charge < -0.3 is 62.6 Å². The molecule has 0 aromatic carbocycles. The molecule has 13 nitrogen and oxygen atoms in total. The van der Waals surface area contributed by atoms with E-state index in [2.05, 4.69) is 5.32 Å². The molecule has 2 fully saturated rings. The van der Waals surface area contributed by atoms with E-state index < -0.39 is 79.2 Å². The maximum absolute atomic E-state index is 12.0. The van der Waals surface area contributed by atoms with Gasteiger partial charge in [0.1, 0.15) is 42.7 Å². The fraction of sp³-hybridized carbons (Fsp3) is 0.941. The summed E-state index contributed by atoms with van der Waals surface area (Å²) in [7, 11) is 0. The first-order valence-electron chi connectivity index (χ1n) is 9.90. The van der Waals surface area contributed by atoms with Crippen LogP contribution < -0.4 is 22.5 Å². The Balaban J connectivity index is 2.05. The monoisotopic (exact) mass is 438 g/mol. The SMILES string of the molecule is C[C@H](O)[C@H]1O[C@H](O[C@H]2[C@H](O)[C@@H](O)[C@H](NC(=O)[C@@H](O)CCN)C[C@@H]2N)[C@H](N)[C@@H](O)[C@@H]1O. The van der Waals surface area contributed by atoms with Gasteiger partial charge in [0, 0.05) is 6.04 Å². The van der Waals surface area contributed by atoms with Gasteiger partial charge in [0.05, 0.1) is 18.2 Å². The number of aliphatic hydroxyl groups is 6. The van der Waals surface area contributed by atoms with Gasteiger partial charge in [0.2, 0.25) is 5.91 Å². The lowest BCUT2D eigenvalue weighted by Crippen LogP contribution is -2.68. The standard InChI is InChI=1S/C17H34N4O9/c1-5(22)14-13(27)11(25)9(20)17(29-14)30-15-6(19)4-7(10(24)12(15)26)21-16(28)8(23)2-3-18/h5-15,17,22-27H,2-4,18-20H2,1H3,(H,21,28)/t5-,6-,7+,8-,9+,10-,11+,12+,13-,14+,15+,17+/m0/s1. The highest BCUT2D eigenvalue weighted by Gasteiger charge is 2.49. The van der Waals surface area contributed by atoms with Crippen LogP contribution in [-0.2, 0) is 14.3 Å². The van der Waals surface area contributed by atoms with Crippen LogP contribution in [0.1, 0.15) is 19.8 Å². The van der Waals surface area contributed by atoms with E-state index in [4.69, 9.17) is 26.7 Å². The van der Waals surface area contributed by atoms with Gasteiger partial charge in [-0.05, 0) is 26.3 Å². The van der Waals surface area contributed by atoms with Crippen LogP contribution in [0.15, 0.2) is 0 Å². The number of hydrogen-bond donors (Lipinski definition) is 10. The highest BCUT2D eigenvalue weighted by molar-refractivity contribution is 5.80. The van der Waals surface area contributed by atoms with Crippen molar-refractivity contribution in [2.75, 3.05) is 6.54 Å². The Labute approximate surface area is 173 Å². The molecule has 0 radical (unpaired) electrons. The van der Waals surface area contributed by atoms with Crippen molar-refractivity contribution in [1.82, 2.24) is 5.32 Å². The van der Waals surface area contributed by atoms with Crippen LogP contribution >= 0.6 is 0 Å². The Bertz CT molecular complexity index is 571. The highest BCUT2D eigenvalue weighted by atomic mass is 16.7. The second-order valence-corrected chi connectivity index (χ2v) is 7.96. The first kappa shape index (κ1) is 25.3. The summed E-state index contributed by atoms with van der Waals surface area (Å²) in [5.74, 6) is -0.752. The molecule has 1 saturated carbocycles. The molecule has 1 aliphatic heterocycles. The Hall–Kier alpha value is -0.970. The number of nitrogens with two attached hydrogens (primary N) is 3. The van der Waals surface area contributed by atoms with Gasteiger partial charge >= 0.3 is 0 Å². The van der Waals surface area contributed by atoms with Crippen LogP contribution in [0.5, 0.6) is 0 Å². The summed E-state index contributed by atoms with van der Waals surface area (Å²) < 4.78 is 11.1. The third-order valence-corrected chi connectivity index (χ3v) is 5.57. The molecule has 0 aromatic rings. The number of hydrogen-bond acceptors (Lipinski definition) is 12. The number of nitrogens with one attached hydrogen (secondary N) is 1. The van der Waals surface area contributed by atoms with Crippen molar-refractivity contribution >= 4 is 5.91 Å². The molecule has 13 N–H and O–H groups in total. The van der Waals surface area contributed by atoms with Crippen LogP contribution in [0.25, 0.3) is 0 Å². The zero-order valence-electron chi connectivity index (χ0n) is 16.7. The topological polar surface area (TPSA) is 247 Å². The zero-order valence-corrected chi connectivity index (χ0v) is 16.7. The van der Waals surface area contributed by atoms with Crippen molar-refractivity contribution < 1.29 is 44.9 Å². The average molecular weight is 438 g/mol. The molecule has 1 saturated heterocycles. The number of rotatable bonds is 7. The molecule has 0 unspecified atom stereocenters. The van der Waals surface area contributed by atoms with E-state index in [0.717, 1.165) is 0 Å². The van der Waals surface area contributed by atoms with Crippen molar-refractivity contribution in [1.29, 1.82) is 0 Å². The molecule has 0 spiro atoms. The Morgan fingerprint density at radius 2 is 1.77 bits per heavy atom. The van der Waals surface area contributed by atoms with Crippen molar-refractivity contribution in [3.63, 3.8) is 0 Å². The third kappa shape index (κ3) is 5.44. The van der Waals surface area contributed by atoms with E-state index in [1.54, 1.807) is 0 Å². The van der Waals surface area contributed by atoms with E-state index in [9.17, 15) is 35.4 Å². The predicted molar refractivity (Wildman–Crippen MR) is 101 cm³/mol. The van der Waals surface area contributed by atoms with Crippen molar-refractivity contribution in [3.05, 3.63) is 0 Å². The number of amides is 1. The van der Waals surface area contributed by atoms with E-state index in [-0.39, 0.29) is 19.4 Å². The molecule has 1 aliphatic carbocycles. The molecular formula is C17H34N4O9. The van der Waals surface area contributed by atoms with Crippen LogP contribution in [0.3, 0.4) is 0 Å². The second kappa shape index (κ2) is 10.6. The molecule has 1 heterocycles. The van der Waals surface area contributed by atoms with Gasteiger partial charge in [-0.1, -0.05) is 0 Å². The number of ether oxygens (including phenoxy) is 2. The molecule has 12 atom stereocenters. The molecular weight excluding hydrogens is 404 g/mol. The smallest absolute Gasteiger partial charge is 0.249 e. The summed E-state index contributed by atoms with van der Waals surface area (Å²) in [4.78, 5) is 12.0. The Morgan fingerprint density at radius 1 is 1.13 bits per heavy atom. The lowest BCUT2D eigenvalue weighted by molar-refractivity contribution is -0.301. The highest BCUT2D eigenvalue weighted by Crippen LogP contribution is 2.28. The summed E-state index contributed by atoms with van der Waals surface area (Å²) >= 11 is 0. The molecule has 0 aromatic heterocycles. The van der Waals surface area contributed by atoms with Gasteiger partial charge in [-0.2, -0.15) is 0 Å². The van der Waals surface area contributed by atoms with Crippen molar-refractivity contribution in [2.24, 2.45) is 17.2 Å². The summed E-state index contributed by atoms with van der Waals surface area (Å²) in [6, 6.07) is -3.05. The normalized spacial score (nSPS) is 44.3. The van der Waals surface area contributed by atoms with E-state index >= 15 is 0 Å². The Morgan fingerprint density at radius 3 is 2.33 bits per heavy atom. The fourth-order valence-corrected chi connectivity index (χ4v) is 3.73. The number of aliphatic hydroxyl groups excluding tert-OH is 6. The number of carbonyl (C=O) groups is 1. The fourth-order valence-electron chi connectivity index (χ4n) is 3.73. The molecule has 0 bridgehead atoms.